The van der Waals surface area contributed by atoms with Gasteiger partial charge in [0.2, 0.25) is 0 Å². The highest BCUT2D eigenvalue weighted by atomic mass is 35.5. The van der Waals surface area contributed by atoms with Crippen LogP contribution in [-0.2, 0) is 9.63 Å². The molecule has 0 saturated heterocycles. The Hall–Kier alpha value is -1.29. The smallest absolute Gasteiger partial charge is 0.349 e. The van der Waals surface area contributed by atoms with Crippen molar-refractivity contribution >= 4 is 23.8 Å². The molecule has 1 heterocycles. The van der Waals surface area contributed by atoms with Gasteiger partial charge in [0.15, 0.2) is 0 Å². The number of carbonyl (C=O) groups excluding carboxylic acids is 1. The summed E-state index contributed by atoms with van der Waals surface area (Å²) in [5.74, 6) is -0.299. The van der Waals surface area contributed by atoms with Gasteiger partial charge in [-0.1, -0.05) is 5.16 Å². The van der Waals surface area contributed by atoms with E-state index in [0.29, 0.717) is 5.76 Å². The Morgan fingerprint density at radius 3 is 3.25 bits per heavy atom. The van der Waals surface area contributed by atoms with E-state index in [1.54, 1.807) is 12.1 Å². The lowest BCUT2D eigenvalue weighted by Gasteiger charge is -1.88. The Kier molecular flexibility index (Phi) is 3.35. The maximum Gasteiger partial charge on any atom is 0.349 e. The molecular formula is C7H6ClNO3. The molecule has 1 aromatic heterocycles. The Balaban J connectivity index is 2.37. The van der Waals surface area contributed by atoms with Crippen LogP contribution in [0.1, 0.15) is 5.76 Å². The molecule has 0 bridgehead atoms. The third-order valence-electron chi connectivity index (χ3n) is 0.987. The highest BCUT2D eigenvalue weighted by Crippen LogP contribution is 1.95. The number of hydrogen-bond donors (Lipinski definition) is 0. The van der Waals surface area contributed by atoms with Crippen molar-refractivity contribution in [1.29, 1.82) is 0 Å². The van der Waals surface area contributed by atoms with Crippen molar-refractivity contribution in [2.24, 2.45) is 5.16 Å². The van der Waals surface area contributed by atoms with E-state index in [1.165, 1.54) is 12.5 Å². The lowest BCUT2D eigenvalue weighted by molar-refractivity contribution is -0.140. The van der Waals surface area contributed by atoms with Gasteiger partial charge in [-0.25, -0.2) is 4.79 Å². The summed E-state index contributed by atoms with van der Waals surface area (Å²) in [4.78, 5) is 14.7. The molecule has 12 heavy (non-hydrogen) atoms. The lowest BCUT2D eigenvalue weighted by Crippen LogP contribution is -2.00. The van der Waals surface area contributed by atoms with Gasteiger partial charge < -0.3 is 9.25 Å². The van der Waals surface area contributed by atoms with Crippen LogP contribution < -0.4 is 0 Å². The van der Waals surface area contributed by atoms with Crippen LogP contribution >= 0.6 is 11.6 Å². The van der Waals surface area contributed by atoms with Crippen LogP contribution in [0.2, 0.25) is 0 Å². The second kappa shape index (κ2) is 4.56. The first kappa shape index (κ1) is 8.80. The molecule has 1 aromatic rings. The minimum absolute atomic E-state index is 0.213. The molecule has 1 rings (SSSR count). The summed E-state index contributed by atoms with van der Waals surface area (Å²) >= 11 is 5.14. The lowest BCUT2D eigenvalue weighted by atomic mass is 10.5. The quantitative estimate of drug-likeness (QED) is 0.311. The van der Waals surface area contributed by atoms with Crippen LogP contribution in [0.25, 0.3) is 0 Å². The number of hydrogen-bond acceptors (Lipinski definition) is 4. The Morgan fingerprint density at radius 1 is 1.83 bits per heavy atom. The van der Waals surface area contributed by atoms with Crippen molar-refractivity contribution in [1.82, 2.24) is 0 Å². The molecule has 0 saturated carbocycles. The monoisotopic (exact) mass is 187 g/mol. The summed E-state index contributed by atoms with van der Waals surface area (Å²) in [6.07, 6.45) is 2.77. The normalized spacial score (nSPS) is 10.4. The van der Waals surface area contributed by atoms with Crippen molar-refractivity contribution in [3.8, 4) is 0 Å². The van der Waals surface area contributed by atoms with Crippen LogP contribution in [0, 0.1) is 0 Å². The first-order chi connectivity index (χ1) is 5.83. The van der Waals surface area contributed by atoms with Crippen molar-refractivity contribution < 1.29 is 14.0 Å². The van der Waals surface area contributed by atoms with Crippen molar-refractivity contribution in [3.63, 3.8) is 0 Å². The van der Waals surface area contributed by atoms with E-state index in [1.807, 2.05) is 0 Å². The summed E-state index contributed by atoms with van der Waals surface area (Å²) in [7, 11) is 0. The van der Waals surface area contributed by atoms with E-state index in [2.05, 4.69) is 9.99 Å². The van der Waals surface area contributed by atoms with Gasteiger partial charge in [-0.2, -0.15) is 0 Å². The van der Waals surface area contributed by atoms with Crippen LogP contribution in [-0.4, -0.2) is 18.1 Å². The first-order valence-electron chi connectivity index (χ1n) is 3.15. The average Bonchev–Trinajstić information content (AvgIpc) is 2.57. The molecule has 5 heteroatoms. The fourth-order valence-electron chi connectivity index (χ4n) is 0.526. The van der Waals surface area contributed by atoms with Crippen molar-refractivity contribution in [2.45, 2.75) is 0 Å². The van der Waals surface area contributed by atoms with Crippen LogP contribution in [0.5, 0.6) is 0 Å². The van der Waals surface area contributed by atoms with Crippen molar-refractivity contribution in [2.75, 3.05) is 5.88 Å². The zero-order valence-electron chi connectivity index (χ0n) is 6.07. The Labute approximate surface area is 73.7 Å². The van der Waals surface area contributed by atoms with Gasteiger partial charge in [-0.3, -0.25) is 0 Å². The number of alkyl halides is 1. The minimum atomic E-state index is -0.598. The van der Waals surface area contributed by atoms with Crippen molar-refractivity contribution in [3.05, 3.63) is 24.2 Å². The zero-order valence-corrected chi connectivity index (χ0v) is 6.82. The maximum atomic E-state index is 10.4. The molecule has 64 valence electrons. The third-order valence-corrected chi connectivity index (χ3v) is 1.20. The molecule has 0 spiro atoms. The summed E-state index contributed by atoms with van der Waals surface area (Å²) < 4.78 is 4.88. The fraction of sp³-hybridized carbons (Fsp3) is 0.143. The second-order valence-electron chi connectivity index (χ2n) is 1.85. The number of furan rings is 1. The van der Waals surface area contributed by atoms with E-state index in [4.69, 9.17) is 16.0 Å². The molecule has 0 amide bonds. The summed E-state index contributed by atoms with van der Waals surface area (Å²) in [5.41, 5.74) is 0. The van der Waals surface area contributed by atoms with Gasteiger partial charge in [-0.15, -0.1) is 11.6 Å². The molecule has 4 nitrogen and oxygen atoms in total. The highest BCUT2D eigenvalue weighted by molar-refractivity contribution is 6.26. The highest BCUT2D eigenvalue weighted by Gasteiger charge is 1.96. The molecule has 0 fully saturated rings. The van der Waals surface area contributed by atoms with Gasteiger partial charge >= 0.3 is 5.97 Å². The molecule has 0 aliphatic rings. The molecule has 0 aliphatic carbocycles. The molecule has 0 N–H and O–H groups in total. The summed E-state index contributed by atoms with van der Waals surface area (Å²) in [5, 5.41) is 3.33. The van der Waals surface area contributed by atoms with E-state index in [9.17, 15) is 4.79 Å². The van der Waals surface area contributed by atoms with Gasteiger partial charge in [-0.05, 0) is 12.1 Å². The van der Waals surface area contributed by atoms with E-state index >= 15 is 0 Å². The predicted octanol–water partition coefficient (Wildman–Crippen LogP) is 1.40. The molecule has 0 aromatic carbocycles. The largest absolute Gasteiger partial charge is 0.463 e. The SMILES string of the molecule is O=C(CCl)ON=Cc1ccco1. The minimum Gasteiger partial charge on any atom is -0.463 e. The third kappa shape index (κ3) is 2.75. The number of carbonyl (C=O) groups is 1. The topological polar surface area (TPSA) is 51.8 Å². The maximum absolute atomic E-state index is 10.4. The van der Waals surface area contributed by atoms with E-state index in [-0.39, 0.29) is 5.88 Å². The van der Waals surface area contributed by atoms with Gasteiger partial charge in [0.05, 0.1) is 6.26 Å². The first-order valence-corrected chi connectivity index (χ1v) is 3.69. The summed E-state index contributed by atoms with van der Waals surface area (Å²) in [6.45, 7) is 0. The zero-order chi connectivity index (χ0) is 8.81. The van der Waals surface area contributed by atoms with Crippen LogP contribution in [0.3, 0.4) is 0 Å². The number of nitrogens with zero attached hydrogens (tertiary/aromatic N) is 1. The number of oxime groups is 1. The molecule has 0 atom stereocenters. The second-order valence-corrected chi connectivity index (χ2v) is 2.11. The van der Waals surface area contributed by atoms with Gasteiger partial charge in [0.1, 0.15) is 17.9 Å². The molecule has 0 unspecified atom stereocenters. The Bertz CT molecular complexity index is 268. The Morgan fingerprint density at radius 2 is 2.67 bits per heavy atom. The molecular weight excluding hydrogens is 182 g/mol. The number of rotatable bonds is 3. The van der Waals surface area contributed by atoms with Gasteiger partial charge in [0, 0.05) is 0 Å². The number of halogens is 1. The van der Waals surface area contributed by atoms with E-state index < -0.39 is 5.97 Å². The predicted molar refractivity (Wildman–Crippen MR) is 43.1 cm³/mol. The fourth-order valence-corrected chi connectivity index (χ4v) is 0.575. The average molecular weight is 188 g/mol. The molecule has 0 aliphatic heterocycles. The standard InChI is InChI=1S/C7H6ClNO3/c8-4-7(10)12-9-5-6-2-1-3-11-6/h1-3,5H,4H2. The van der Waals surface area contributed by atoms with E-state index in [0.717, 1.165) is 0 Å². The summed E-state index contributed by atoms with van der Waals surface area (Å²) in [6, 6.07) is 3.38. The van der Waals surface area contributed by atoms with Gasteiger partial charge in [0.25, 0.3) is 0 Å². The van der Waals surface area contributed by atoms with Crippen LogP contribution in [0.15, 0.2) is 28.0 Å². The van der Waals surface area contributed by atoms with Crippen LogP contribution in [0.4, 0.5) is 0 Å². The molecule has 0 radical (unpaired) electrons.